The van der Waals surface area contributed by atoms with Gasteiger partial charge in [-0.3, -0.25) is 25.0 Å². The van der Waals surface area contributed by atoms with Gasteiger partial charge >= 0.3 is 0 Å². The van der Waals surface area contributed by atoms with E-state index in [1.807, 2.05) is 30.3 Å². The Morgan fingerprint density at radius 1 is 0.967 bits per heavy atom. The van der Waals surface area contributed by atoms with Gasteiger partial charge in [-0.2, -0.15) is 0 Å². The summed E-state index contributed by atoms with van der Waals surface area (Å²) in [6.07, 6.45) is 0. The highest BCUT2D eigenvalue weighted by Gasteiger charge is 2.27. The van der Waals surface area contributed by atoms with Crippen LogP contribution in [0.3, 0.4) is 0 Å². The Kier molecular flexibility index (Phi) is 4.80. The molecule has 4 aromatic rings. The van der Waals surface area contributed by atoms with Crippen LogP contribution in [-0.4, -0.2) is 14.8 Å². The lowest BCUT2D eigenvalue weighted by Gasteiger charge is -2.09. The topological polar surface area (TPSA) is 128 Å². The molecule has 0 unspecified atom stereocenters. The van der Waals surface area contributed by atoms with Crippen molar-refractivity contribution >= 4 is 44.8 Å². The second-order valence-corrected chi connectivity index (χ2v) is 6.81. The Balaban J connectivity index is 1.90. The number of aromatic amines is 1. The Labute approximate surface area is 172 Å². The number of nitro groups is 2. The first-order chi connectivity index (χ1) is 14.4. The predicted octanol–water partition coefficient (Wildman–Crippen LogP) is 4.73. The summed E-state index contributed by atoms with van der Waals surface area (Å²) in [6, 6.07) is 14.8. The first-order valence-corrected chi connectivity index (χ1v) is 9.02. The standard InChI is InChI=1S/C20H12ClN3O6/c21-18-15(23(26)27)9-16(24(28)29)19-17(18)20(25)13-8-12(6-7-14(13)22-19)30-10-11-4-2-1-3-5-11/h1-9H,10H2,(H,22,25). The van der Waals surface area contributed by atoms with E-state index in [0.717, 1.165) is 11.6 Å². The fraction of sp³-hybridized carbons (Fsp3) is 0.0500. The van der Waals surface area contributed by atoms with Crippen LogP contribution in [0, 0.1) is 20.2 Å². The third-order valence-electron chi connectivity index (χ3n) is 4.59. The number of nitro benzene ring substituents is 2. The molecule has 150 valence electrons. The van der Waals surface area contributed by atoms with Gasteiger partial charge in [0.25, 0.3) is 11.4 Å². The van der Waals surface area contributed by atoms with Gasteiger partial charge in [0, 0.05) is 5.39 Å². The number of nitrogens with zero attached hydrogens (tertiary/aromatic N) is 2. The van der Waals surface area contributed by atoms with E-state index in [0.29, 0.717) is 11.3 Å². The van der Waals surface area contributed by atoms with E-state index in [2.05, 4.69) is 4.98 Å². The molecule has 9 nitrogen and oxygen atoms in total. The van der Waals surface area contributed by atoms with Crippen LogP contribution in [0.25, 0.3) is 21.8 Å². The van der Waals surface area contributed by atoms with E-state index in [9.17, 15) is 25.0 Å². The van der Waals surface area contributed by atoms with Gasteiger partial charge in [0.2, 0.25) is 0 Å². The Hall–Kier alpha value is -3.98. The first-order valence-electron chi connectivity index (χ1n) is 8.64. The van der Waals surface area contributed by atoms with E-state index < -0.39 is 31.7 Å². The number of rotatable bonds is 5. The number of nitrogens with one attached hydrogen (secondary N) is 1. The molecule has 30 heavy (non-hydrogen) atoms. The van der Waals surface area contributed by atoms with Crippen LogP contribution in [0.5, 0.6) is 5.75 Å². The highest BCUT2D eigenvalue weighted by atomic mass is 35.5. The number of hydrogen-bond donors (Lipinski definition) is 1. The van der Waals surface area contributed by atoms with Crippen molar-refractivity contribution in [1.82, 2.24) is 4.98 Å². The first kappa shape index (κ1) is 19.3. The molecule has 0 saturated carbocycles. The molecule has 0 aliphatic heterocycles. The maximum Gasteiger partial charge on any atom is 0.300 e. The van der Waals surface area contributed by atoms with Crippen LogP contribution in [0.1, 0.15) is 5.56 Å². The Morgan fingerprint density at radius 3 is 2.33 bits per heavy atom. The average Bonchev–Trinajstić information content (AvgIpc) is 2.73. The summed E-state index contributed by atoms with van der Waals surface area (Å²) in [5.74, 6) is 0.396. The molecule has 0 aliphatic carbocycles. The molecule has 4 rings (SSSR count). The fourth-order valence-corrected chi connectivity index (χ4v) is 3.47. The summed E-state index contributed by atoms with van der Waals surface area (Å²) in [5, 5.41) is 22.0. The largest absolute Gasteiger partial charge is 0.489 e. The van der Waals surface area contributed by atoms with Gasteiger partial charge in [0.1, 0.15) is 22.9 Å². The molecule has 0 aliphatic rings. The Morgan fingerprint density at radius 2 is 1.67 bits per heavy atom. The number of ether oxygens (including phenoxy) is 1. The van der Waals surface area contributed by atoms with Gasteiger partial charge in [-0.1, -0.05) is 41.9 Å². The number of hydrogen-bond acceptors (Lipinski definition) is 6. The summed E-state index contributed by atoms with van der Waals surface area (Å²) < 4.78 is 5.72. The van der Waals surface area contributed by atoms with Crippen molar-refractivity contribution in [3.63, 3.8) is 0 Å². The number of halogens is 1. The van der Waals surface area contributed by atoms with Crippen LogP contribution in [0.2, 0.25) is 5.02 Å². The highest BCUT2D eigenvalue weighted by Crippen LogP contribution is 2.37. The molecule has 1 heterocycles. The van der Waals surface area contributed by atoms with Gasteiger partial charge in [-0.15, -0.1) is 0 Å². The van der Waals surface area contributed by atoms with Crippen LogP contribution < -0.4 is 10.2 Å². The van der Waals surface area contributed by atoms with E-state index in [1.54, 1.807) is 12.1 Å². The third-order valence-corrected chi connectivity index (χ3v) is 4.97. The van der Waals surface area contributed by atoms with Crippen LogP contribution in [0.15, 0.2) is 59.4 Å². The zero-order valence-corrected chi connectivity index (χ0v) is 15.9. The highest BCUT2D eigenvalue weighted by molar-refractivity contribution is 6.38. The van der Waals surface area contributed by atoms with Crippen molar-refractivity contribution in [2.24, 2.45) is 0 Å². The molecular formula is C20H12ClN3O6. The number of aromatic nitrogens is 1. The van der Waals surface area contributed by atoms with Crippen molar-refractivity contribution in [2.45, 2.75) is 6.61 Å². The van der Waals surface area contributed by atoms with Crippen molar-refractivity contribution < 1.29 is 14.6 Å². The second-order valence-electron chi connectivity index (χ2n) is 6.43. The van der Waals surface area contributed by atoms with Gasteiger partial charge in [0.15, 0.2) is 5.43 Å². The summed E-state index contributed by atoms with van der Waals surface area (Å²) in [5.41, 5.74) is -0.916. The predicted molar refractivity (Wildman–Crippen MR) is 111 cm³/mol. The van der Waals surface area contributed by atoms with Gasteiger partial charge in [0.05, 0.1) is 26.8 Å². The van der Waals surface area contributed by atoms with Crippen molar-refractivity contribution in [3.8, 4) is 5.75 Å². The molecular weight excluding hydrogens is 414 g/mol. The minimum absolute atomic E-state index is 0.143. The lowest BCUT2D eigenvalue weighted by atomic mass is 10.1. The molecule has 3 aromatic carbocycles. The molecule has 0 amide bonds. The van der Waals surface area contributed by atoms with Crippen molar-refractivity contribution in [1.29, 1.82) is 0 Å². The smallest absolute Gasteiger partial charge is 0.300 e. The van der Waals surface area contributed by atoms with Crippen LogP contribution in [0.4, 0.5) is 11.4 Å². The molecule has 1 aromatic heterocycles. The van der Waals surface area contributed by atoms with Crippen LogP contribution >= 0.6 is 11.6 Å². The molecule has 0 saturated heterocycles. The molecule has 0 fully saturated rings. The third kappa shape index (κ3) is 3.31. The summed E-state index contributed by atoms with van der Waals surface area (Å²) in [7, 11) is 0. The average molecular weight is 426 g/mol. The molecule has 10 heteroatoms. The van der Waals surface area contributed by atoms with E-state index >= 15 is 0 Å². The van der Waals surface area contributed by atoms with Crippen molar-refractivity contribution in [2.75, 3.05) is 0 Å². The van der Waals surface area contributed by atoms with Crippen molar-refractivity contribution in [3.05, 3.63) is 95.6 Å². The zero-order chi connectivity index (χ0) is 21.4. The molecule has 1 N–H and O–H groups in total. The summed E-state index contributed by atoms with van der Waals surface area (Å²) in [6.45, 7) is 0.273. The monoisotopic (exact) mass is 425 g/mol. The van der Waals surface area contributed by atoms with E-state index in [1.165, 1.54) is 6.07 Å². The summed E-state index contributed by atoms with van der Waals surface area (Å²) in [4.78, 5) is 36.9. The number of benzene rings is 3. The minimum Gasteiger partial charge on any atom is -0.489 e. The van der Waals surface area contributed by atoms with Gasteiger partial charge < -0.3 is 9.72 Å². The normalized spacial score (nSPS) is 11.0. The van der Waals surface area contributed by atoms with E-state index in [4.69, 9.17) is 16.3 Å². The SMILES string of the molecule is O=c1c2cc(OCc3ccccc3)ccc2[nH]c2c([N+](=O)[O-])cc([N+](=O)[O-])c(Cl)c12. The molecule has 0 atom stereocenters. The summed E-state index contributed by atoms with van der Waals surface area (Å²) >= 11 is 6.08. The minimum atomic E-state index is -0.863. The molecule has 0 radical (unpaired) electrons. The maximum absolute atomic E-state index is 13.1. The maximum atomic E-state index is 13.1. The van der Waals surface area contributed by atoms with Gasteiger partial charge in [-0.05, 0) is 23.8 Å². The Bertz CT molecular complexity index is 1380. The number of non-ortho nitro benzene ring substituents is 1. The molecule has 0 bridgehead atoms. The van der Waals surface area contributed by atoms with E-state index in [-0.39, 0.29) is 22.9 Å². The second kappa shape index (κ2) is 7.45. The lowest BCUT2D eigenvalue weighted by Crippen LogP contribution is -2.08. The fourth-order valence-electron chi connectivity index (χ4n) is 3.17. The lowest BCUT2D eigenvalue weighted by molar-refractivity contribution is -0.393. The number of pyridine rings is 1. The van der Waals surface area contributed by atoms with Crippen LogP contribution in [-0.2, 0) is 6.61 Å². The molecule has 0 spiro atoms. The zero-order valence-electron chi connectivity index (χ0n) is 15.1. The number of H-pyrrole nitrogens is 1. The number of fused-ring (bicyclic) bond motifs is 2. The van der Waals surface area contributed by atoms with Gasteiger partial charge in [-0.25, -0.2) is 0 Å². The quantitative estimate of drug-likeness (QED) is 0.279.